The Balaban J connectivity index is 2.70. The molecule has 0 spiro atoms. The van der Waals surface area contributed by atoms with E-state index >= 15 is 0 Å². The lowest BCUT2D eigenvalue weighted by Crippen LogP contribution is -2.26. The lowest BCUT2D eigenvalue weighted by Gasteiger charge is -2.14. The molecule has 0 saturated carbocycles. The average molecular weight is 262 g/mol. The van der Waals surface area contributed by atoms with Gasteiger partial charge in [-0.2, -0.15) is 0 Å². The summed E-state index contributed by atoms with van der Waals surface area (Å²) in [6, 6.07) is 4.65. The van der Waals surface area contributed by atoms with Crippen molar-refractivity contribution in [2.75, 3.05) is 13.6 Å². The van der Waals surface area contributed by atoms with Gasteiger partial charge in [0.2, 0.25) is 0 Å². The summed E-state index contributed by atoms with van der Waals surface area (Å²) >= 11 is 3.26. The third-order valence-corrected chi connectivity index (χ3v) is 2.21. The van der Waals surface area contributed by atoms with Gasteiger partial charge in [-0.05, 0) is 32.2 Å². The summed E-state index contributed by atoms with van der Waals surface area (Å²) < 4.78 is 19.4. The van der Waals surface area contributed by atoms with Gasteiger partial charge in [-0.15, -0.1) is 0 Å². The molecular formula is C10H13BrFNO. The molecule has 1 aromatic rings. The highest BCUT2D eigenvalue weighted by Crippen LogP contribution is 2.22. The van der Waals surface area contributed by atoms with Crippen LogP contribution in [0.3, 0.4) is 0 Å². The molecule has 0 aliphatic carbocycles. The van der Waals surface area contributed by atoms with Gasteiger partial charge in [-0.25, -0.2) is 4.39 Å². The summed E-state index contributed by atoms with van der Waals surface area (Å²) in [7, 11) is 1.83. The fourth-order valence-corrected chi connectivity index (χ4v) is 1.45. The van der Waals surface area contributed by atoms with E-state index in [9.17, 15) is 4.39 Å². The minimum Gasteiger partial charge on any atom is -0.486 e. The molecule has 0 aromatic heterocycles. The van der Waals surface area contributed by atoms with Crippen LogP contribution in [-0.4, -0.2) is 19.7 Å². The molecule has 1 N–H and O–H groups in total. The van der Waals surface area contributed by atoms with Crippen molar-refractivity contribution in [3.05, 3.63) is 28.5 Å². The summed E-state index contributed by atoms with van der Waals surface area (Å²) in [5, 5.41) is 2.96. The van der Waals surface area contributed by atoms with Crippen molar-refractivity contribution < 1.29 is 9.13 Å². The van der Waals surface area contributed by atoms with Crippen LogP contribution in [0.25, 0.3) is 0 Å². The van der Waals surface area contributed by atoms with Gasteiger partial charge in [0, 0.05) is 11.0 Å². The number of benzene rings is 1. The SMILES string of the molecule is CNCC(C)Oc1cc(Br)ccc1F. The second-order valence-corrected chi connectivity index (χ2v) is 3.98. The number of likely N-dealkylation sites (N-methyl/N-ethyl adjacent to an activating group) is 1. The van der Waals surface area contributed by atoms with Crippen molar-refractivity contribution in [3.8, 4) is 5.75 Å². The first-order valence-electron chi connectivity index (χ1n) is 4.39. The molecule has 1 atom stereocenters. The van der Waals surface area contributed by atoms with E-state index in [1.807, 2.05) is 14.0 Å². The Bertz CT molecular complexity index is 306. The highest BCUT2D eigenvalue weighted by molar-refractivity contribution is 9.10. The Morgan fingerprint density at radius 3 is 2.93 bits per heavy atom. The molecule has 78 valence electrons. The highest BCUT2D eigenvalue weighted by Gasteiger charge is 2.07. The Morgan fingerprint density at radius 1 is 1.57 bits per heavy atom. The summed E-state index contributed by atoms with van der Waals surface area (Å²) in [6.07, 6.45) is -0.0520. The van der Waals surface area contributed by atoms with Gasteiger partial charge in [0.25, 0.3) is 0 Å². The monoisotopic (exact) mass is 261 g/mol. The number of nitrogens with one attached hydrogen (secondary N) is 1. The van der Waals surface area contributed by atoms with Crippen LogP contribution in [0.4, 0.5) is 4.39 Å². The van der Waals surface area contributed by atoms with Gasteiger partial charge in [0.1, 0.15) is 6.10 Å². The fourth-order valence-electron chi connectivity index (χ4n) is 1.11. The van der Waals surface area contributed by atoms with Gasteiger partial charge in [-0.3, -0.25) is 0 Å². The van der Waals surface area contributed by atoms with E-state index in [0.717, 1.165) is 4.47 Å². The fraction of sp³-hybridized carbons (Fsp3) is 0.400. The van der Waals surface area contributed by atoms with E-state index < -0.39 is 0 Å². The maximum atomic E-state index is 13.2. The quantitative estimate of drug-likeness (QED) is 0.900. The molecule has 1 unspecified atom stereocenters. The molecular weight excluding hydrogens is 249 g/mol. The number of rotatable bonds is 4. The maximum absolute atomic E-state index is 13.2. The third-order valence-electron chi connectivity index (χ3n) is 1.71. The molecule has 0 bridgehead atoms. The Morgan fingerprint density at radius 2 is 2.29 bits per heavy atom. The smallest absolute Gasteiger partial charge is 0.165 e. The Kier molecular flexibility index (Phi) is 4.35. The number of halogens is 2. The molecule has 0 radical (unpaired) electrons. The molecule has 1 rings (SSSR count). The van der Waals surface area contributed by atoms with E-state index in [-0.39, 0.29) is 17.7 Å². The molecule has 0 saturated heterocycles. The first-order valence-corrected chi connectivity index (χ1v) is 5.19. The molecule has 0 aliphatic heterocycles. The largest absolute Gasteiger partial charge is 0.486 e. The van der Waals surface area contributed by atoms with Crippen molar-refractivity contribution >= 4 is 15.9 Å². The van der Waals surface area contributed by atoms with Crippen molar-refractivity contribution in [2.45, 2.75) is 13.0 Å². The molecule has 0 fully saturated rings. The topological polar surface area (TPSA) is 21.3 Å². The molecule has 0 heterocycles. The van der Waals surface area contributed by atoms with E-state index in [1.54, 1.807) is 12.1 Å². The van der Waals surface area contributed by atoms with Crippen LogP contribution >= 0.6 is 15.9 Å². The van der Waals surface area contributed by atoms with Gasteiger partial charge in [-0.1, -0.05) is 15.9 Å². The summed E-state index contributed by atoms with van der Waals surface area (Å²) in [6.45, 7) is 2.57. The van der Waals surface area contributed by atoms with Crippen LogP contribution in [0.5, 0.6) is 5.75 Å². The third kappa shape index (κ3) is 3.27. The zero-order chi connectivity index (χ0) is 10.6. The molecule has 14 heavy (non-hydrogen) atoms. The van der Waals surface area contributed by atoms with Crippen LogP contribution < -0.4 is 10.1 Å². The average Bonchev–Trinajstić information content (AvgIpc) is 2.12. The second kappa shape index (κ2) is 5.32. The van der Waals surface area contributed by atoms with E-state index in [4.69, 9.17) is 4.74 Å². The van der Waals surface area contributed by atoms with Gasteiger partial charge < -0.3 is 10.1 Å². The Hall–Kier alpha value is -0.610. The number of ether oxygens (including phenoxy) is 1. The normalized spacial score (nSPS) is 12.6. The molecule has 4 heteroatoms. The highest BCUT2D eigenvalue weighted by atomic mass is 79.9. The van der Waals surface area contributed by atoms with Crippen LogP contribution in [0.1, 0.15) is 6.92 Å². The molecule has 0 aliphatic rings. The molecule has 1 aromatic carbocycles. The first kappa shape index (κ1) is 11.5. The van der Waals surface area contributed by atoms with Gasteiger partial charge in [0.05, 0.1) is 0 Å². The van der Waals surface area contributed by atoms with Crippen molar-refractivity contribution in [1.82, 2.24) is 5.32 Å². The summed E-state index contributed by atoms with van der Waals surface area (Å²) in [5.41, 5.74) is 0. The van der Waals surface area contributed by atoms with Crippen LogP contribution in [0.2, 0.25) is 0 Å². The van der Waals surface area contributed by atoms with E-state index in [2.05, 4.69) is 21.2 Å². The molecule has 2 nitrogen and oxygen atoms in total. The van der Waals surface area contributed by atoms with Crippen molar-refractivity contribution in [3.63, 3.8) is 0 Å². The lowest BCUT2D eigenvalue weighted by atomic mass is 10.3. The first-order chi connectivity index (χ1) is 6.63. The standard InChI is InChI=1S/C10H13BrFNO/c1-7(6-13-2)14-10-5-8(11)3-4-9(10)12/h3-5,7,13H,6H2,1-2H3. The number of hydrogen-bond donors (Lipinski definition) is 1. The predicted molar refractivity (Wildman–Crippen MR) is 58.1 cm³/mol. The maximum Gasteiger partial charge on any atom is 0.165 e. The minimum atomic E-state index is -0.337. The zero-order valence-electron chi connectivity index (χ0n) is 8.18. The van der Waals surface area contributed by atoms with Gasteiger partial charge >= 0.3 is 0 Å². The molecule has 0 amide bonds. The minimum absolute atomic E-state index is 0.0520. The second-order valence-electron chi connectivity index (χ2n) is 3.06. The van der Waals surface area contributed by atoms with Crippen LogP contribution in [0.15, 0.2) is 22.7 Å². The van der Waals surface area contributed by atoms with Gasteiger partial charge in [0.15, 0.2) is 11.6 Å². The number of hydrogen-bond acceptors (Lipinski definition) is 2. The summed E-state index contributed by atoms with van der Waals surface area (Å²) in [4.78, 5) is 0. The van der Waals surface area contributed by atoms with Crippen LogP contribution in [0, 0.1) is 5.82 Å². The zero-order valence-corrected chi connectivity index (χ0v) is 9.77. The summed E-state index contributed by atoms with van der Waals surface area (Å²) in [5.74, 6) is -0.0571. The van der Waals surface area contributed by atoms with E-state index in [0.29, 0.717) is 6.54 Å². The van der Waals surface area contributed by atoms with E-state index in [1.165, 1.54) is 6.07 Å². The van der Waals surface area contributed by atoms with Crippen molar-refractivity contribution in [1.29, 1.82) is 0 Å². The van der Waals surface area contributed by atoms with Crippen LogP contribution in [-0.2, 0) is 0 Å². The predicted octanol–water partition coefficient (Wildman–Crippen LogP) is 2.57. The lowest BCUT2D eigenvalue weighted by molar-refractivity contribution is 0.211. The Labute approximate surface area is 91.6 Å². The van der Waals surface area contributed by atoms with Crippen molar-refractivity contribution in [2.24, 2.45) is 0 Å².